The van der Waals surface area contributed by atoms with Gasteiger partial charge >= 0.3 is 5.97 Å². The van der Waals surface area contributed by atoms with Crippen LogP contribution in [0, 0.1) is 6.92 Å². The number of carbonyl (C=O) groups excluding carboxylic acids is 1. The lowest BCUT2D eigenvalue weighted by Gasteiger charge is -2.05. The van der Waals surface area contributed by atoms with Gasteiger partial charge in [-0.25, -0.2) is 0 Å². The number of aryl methyl sites for hydroxylation is 1. The second-order valence-corrected chi connectivity index (χ2v) is 4.43. The average molecular weight is 273 g/mol. The molecule has 1 aromatic heterocycles. The van der Waals surface area contributed by atoms with Crippen LogP contribution in [-0.4, -0.2) is 17.0 Å². The summed E-state index contributed by atoms with van der Waals surface area (Å²) in [5.41, 5.74) is 1.55. The molecular formula is C15H15NO4. The Morgan fingerprint density at radius 2 is 1.80 bits per heavy atom. The molecule has 0 fully saturated rings. The average Bonchev–Trinajstić information content (AvgIpc) is 2.84. The van der Waals surface area contributed by atoms with Gasteiger partial charge < -0.3 is 14.8 Å². The fourth-order valence-corrected chi connectivity index (χ4v) is 1.75. The smallest absolute Gasteiger partial charge is 0.303 e. The van der Waals surface area contributed by atoms with Crippen LogP contribution in [0.3, 0.4) is 0 Å². The van der Waals surface area contributed by atoms with Gasteiger partial charge in [-0.3, -0.25) is 9.59 Å². The number of anilines is 1. The van der Waals surface area contributed by atoms with Gasteiger partial charge in [0, 0.05) is 17.7 Å². The summed E-state index contributed by atoms with van der Waals surface area (Å²) in [7, 11) is 0. The predicted octanol–water partition coefficient (Wildman–Crippen LogP) is 3.06. The van der Waals surface area contributed by atoms with Crippen LogP contribution in [0.15, 0.2) is 40.8 Å². The van der Waals surface area contributed by atoms with E-state index < -0.39 is 5.97 Å². The molecule has 104 valence electrons. The molecular weight excluding hydrogens is 258 g/mol. The number of rotatable bonds is 5. The van der Waals surface area contributed by atoms with Crippen LogP contribution < -0.4 is 5.32 Å². The van der Waals surface area contributed by atoms with E-state index in [0.717, 1.165) is 17.1 Å². The van der Waals surface area contributed by atoms with Crippen molar-refractivity contribution < 1.29 is 19.1 Å². The Morgan fingerprint density at radius 1 is 1.10 bits per heavy atom. The monoisotopic (exact) mass is 273 g/mol. The second kappa shape index (κ2) is 6.06. The van der Waals surface area contributed by atoms with Gasteiger partial charge in [0.05, 0.1) is 6.42 Å². The summed E-state index contributed by atoms with van der Waals surface area (Å²) >= 11 is 0. The van der Waals surface area contributed by atoms with Crippen molar-refractivity contribution in [2.24, 2.45) is 0 Å². The lowest BCUT2D eigenvalue weighted by Crippen LogP contribution is -2.12. The quantitative estimate of drug-likeness (QED) is 0.877. The minimum Gasteiger partial charge on any atom is -0.481 e. The summed E-state index contributed by atoms with van der Waals surface area (Å²) < 4.78 is 5.50. The highest BCUT2D eigenvalue weighted by atomic mass is 16.4. The topological polar surface area (TPSA) is 79.5 Å². The van der Waals surface area contributed by atoms with E-state index in [-0.39, 0.29) is 18.7 Å². The predicted molar refractivity (Wildman–Crippen MR) is 74.4 cm³/mol. The van der Waals surface area contributed by atoms with Gasteiger partial charge in [-0.2, -0.15) is 0 Å². The highest BCUT2D eigenvalue weighted by Crippen LogP contribution is 2.23. The molecule has 5 heteroatoms. The molecule has 0 bridgehead atoms. The van der Waals surface area contributed by atoms with E-state index in [4.69, 9.17) is 9.52 Å². The van der Waals surface area contributed by atoms with Crippen LogP contribution in [0.4, 0.5) is 5.69 Å². The summed E-state index contributed by atoms with van der Waals surface area (Å²) in [6.45, 7) is 1.88. The molecule has 0 aliphatic heterocycles. The molecule has 0 atom stereocenters. The zero-order chi connectivity index (χ0) is 14.5. The van der Waals surface area contributed by atoms with Crippen molar-refractivity contribution in [1.82, 2.24) is 0 Å². The molecule has 1 aromatic carbocycles. The van der Waals surface area contributed by atoms with E-state index >= 15 is 0 Å². The third-order valence-corrected chi connectivity index (χ3v) is 2.76. The Morgan fingerprint density at radius 3 is 2.35 bits per heavy atom. The fraction of sp³-hybridized carbons (Fsp3) is 0.200. The summed E-state index contributed by atoms with van der Waals surface area (Å²) in [5.74, 6) is 0.315. The number of furan rings is 1. The Balaban J connectivity index is 1.98. The van der Waals surface area contributed by atoms with E-state index in [1.165, 1.54) is 0 Å². The lowest BCUT2D eigenvalue weighted by atomic mass is 10.1. The molecule has 0 saturated carbocycles. The van der Waals surface area contributed by atoms with Gasteiger partial charge in [-0.1, -0.05) is 0 Å². The number of carbonyl (C=O) groups is 2. The summed E-state index contributed by atoms with van der Waals surface area (Å²) in [5, 5.41) is 11.2. The van der Waals surface area contributed by atoms with Crippen LogP contribution in [0.25, 0.3) is 11.3 Å². The van der Waals surface area contributed by atoms with Crippen molar-refractivity contribution in [3.05, 3.63) is 42.2 Å². The number of hydrogen-bond donors (Lipinski definition) is 2. The molecule has 2 N–H and O–H groups in total. The minimum atomic E-state index is -0.983. The van der Waals surface area contributed by atoms with Crippen LogP contribution in [-0.2, 0) is 9.59 Å². The van der Waals surface area contributed by atoms with Crippen LogP contribution >= 0.6 is 0 Å². The molecule has 0 radical (unpaired) electrons. The van der Waals surface area contributed by atoms with E-state index in [1.807, 2.05) is 31.2 Å². The minimum absolute atomic E-state index is 0.0333. The number of nitrogens with one attached hydrogen (secondary N) is 1. The van der Waals surface area contributed by atoms with Crippen molar-refractivity contribution in [1.29, 1.82) is 0 Å². The molecule has 0 saturated heterocycles. The maximum atomic E-state index is 11.5. The molecule has 1 heterocycles. The number of hydrogen-bond acceptors (Lipinski definition) is 3. The molecule has 20 heavy (non-hydrogen) atoms. The second-order valence-electron chi connectivity index (χ2n) is 4.43. The third-order valence-electron chi connectivity index (χ3n) is 2.76. The Bertz CT molecular complexity index is 613. The van der Waals surface area contributed by atoms with Gasteiger partial charge in [0.1, 0.15) is 11.5 Å². The summed E-state index contributed by atoms with van der Waals surface area (Å²) in [4.78, 5) is 21.9. The van der Waals surface area contributed by atoms with Crippen molar-refractivity contribution >= 4 is 17.6 Å². The lowest BCUT2D eigenvalue weighted by molar-refractivity contribution is -0.138. The SMILES string of the molecule is Cc1ccc(-c2ccc(NC(=O)CCC(=O)O)cc2)o1. The zero-order valence-corrected chi connectivity index (χ0v) is 11.1. The van der Waals surface area contributed by atoms with Crippen molar-refractivity contribution in [3.63, 3.8) is 0 Å². The zero-order valence-electron chi connectivity index (χ0n) is 11.1. The maximum absolute atomic E-state index is 11.5. The van der Waals surface area contributed by atoms with Crippen molar-refractivity contribution in [3.8, 4) is 11.3 Å². The summed E-state index contributed by atoms with van der Waals surface area (Å²) in [6, 6.07) is 11.0. The van der Waals surface area contributed by atoms with Gasteiger partial charge in [0.15, 0.2) is 0 Å². The third kappa shape index (κ3) is 3.71. The number of aliphatic carboxylic acids is 1. The van der Waals surface area contributed by atoms with Crippen LogP contribution in [0.1, 0.15) is 18.6 Å². The molecule has 2 rings (SSSR count). The highest BCUT2D eigenvalue weighted by molar-refractivity contribution is 5.92. The van der Waals surface area contributed by atoms with Crippen molar-refractivity contribution in [2.75, 3.05) is 5.32 Å². The van der Waals surface area contributed by atoms with Crippen molar-refractivity contribution in [2.45, 2.75) is 19.8 Å². The molecule has 0 aliphatic carbocycles. The van der Waals surface area contributed by atoms with Gasteiger partial charge in [0.25, 0.3) is 0 Å². The normalized spacial score (nSPS) is 10.2. The highest BCUT2D eigenvalue weighted by Gasteiger charge is 2.07. The molecule has 0 aliphatic rings. The van der Waals surface area contributed by atoms with Crippen LogP contribution in [0.2, 0.25) is 0 Å². The van der Waals surface area contributed by atoms with E-state index in [1.54, 1.807) is 12.1 Å². The number of benzene rings is 1. The molecule has 5 nitrogen and oxygen atoms in total. The first-order chi connectivity index (χ1) is 9.54. The first-order valence-electron chi connectivity index (χ1n) is 6.23. The first-order valence-corrected chi connectivity index (χ1v) is 6.23. The summed E-state index contributed by atoms with van der Waals surface area (Å²) in [6.07, 6.45) is -0.204. The van der Waals surface area contributed by atoms with E-state index in [0.29, 0.717) is 5.69 Å². The van der Waals surface area contributed by atoms with Gasteiger partial charge in [-0.15, -0.1) is 0 Å². The molecule has 0 unspecified atom stereocenters. The Kier molecular flexibility index (Phi) is 4.20. The number of carboxylic acid groups (broad SMARTS) is 1. The number of carboxylic acids is 1. The first kappa shape index (κ1) is 13.9. The fourth-order valence-electron chi connectivity index (χ4n) is 1.75. The number of amides is 1. The molecule has 1 amide bonds. The Hall–Kier alpha value is -2.56. The van der Waals surface area contributed by atoms with E-state index in [9.17, 15) is 9.59 Å². The molecule has 0 spiro atoms. The van der Waals surface area contributed by atoms with E-state index in [2.05, 4.69) is 5.32 Å². The molecule has 2 aromatic rings. The van der Waals surface area contributed by atoms with Gasteiger partial charge in [0.2, 0.25) is 5.91 Å². The van der Waals surface area contributed by atoms with Gasteiger partial charge in [-0.05, 0) is 43.3 Å². The Labute approximate surface area is 116 Å². The maximum Gasteiger partial charge on any atom is 0.303 e. The largest absolute Gasteiger partial charge is 0.481 e. The van der Waals surface area contributed by atoms with Crippen LogP contribution in [0.5, 0.6) is 0 Å². The standard InChI is InChI=1S/C15H15NO4/c1-10-2-7-13(20-10)11-3-5-12(6-4-11)16-14(17)8-9-15(18)19/h2-7H,8-9H2,1H3,(H,16,17)(H,18,19).